The second kappa shape index (κ2) is 8.34. The Balaban J connectivity index is 1.81. The molecule has 9 heteroatoms. The Morgan fingerprint density at radius 1 is 1.41 bits per heavy atom. The summed E-state index contributed by atoms with van der Waals surface area (Å²) < 4.78 is 15.0. The number of hydrogen-bond acceptors (Lipinski definition) is 6. The van der Waals surface area contributed by atoms with Crippen molar-refractivity contribution in [2.75, 3.05) is 0 Å². The van der Waals surface area contributed by atoms with Gasteiger partial charge in [-0.2, -0.15) is 0 Å². The van der Waals surface area contributed by atoms with Crippen LogP contribution in [0.4, 0.5) is 4.39 Å². The van der Waals surface area contributed by atoms with Gasteiger partial charge in [-0.25, -0.2) is 14.1 Å². The molecular weight excluding hydrogens is 367 g/mol. The summed E-state index contributed by atoms with van der Waals surface area (Å²) in [6.45, 7) is 5.66. The van der Waals surface area contributed by atoms with Crippen LogP contribution in [0.2, 0.25) is 0 Å². The van der Waals surface area contributed by atoms with E-state index in [1.807, 2.05) is 19.2 Å². The van der Waals surface area contributed by atoms with Crippen molar-refractivity contribution in [2.24, 2.45) is 0 Å². The maximum atomic E-state index is 13.6. The van der Waals surface area contributed by atoms with Gasteiger partial charge in [-0.05, 0) is 48.4 Å². The molecule has 27 heavy (non-hydrogen) atoms. The summed E-state index contributed by atoms with van der Waals surface area (Å²) in [6, 6.07) is 5.25. The summed E-state index contributed by atoms with van der Waals surface area (Å²) >= 11 is 1.58. The van der Waals surface area contributed by atoms with Crippen LogP contribution in [0.1, 0.15) is 48.0 Å². The smallest absolute Gasteiger partial charge is 0.245 e. The fraction of sp³-hybridized carbons (Fsp3) is 0.389. The number of nitrogens with zero attached hydrogens (tertiary/aromatic N) is 5. The van der Waals surface area contributed by atoms with Gasteiger partial charge < -0.3 is 5.32 Å². The lowest BCUT2D eigenvalue weighted by molar-refractivity contribution is -0.125. The van der Waals surface area contributed by atoms with Crippen molar-refractivity contribution in [1.29, 1.82) is 0 Å². The first-order chi connectivity index (χ1) is 13.0. The number of amides is 1. The lowest BCUT2D eigenvalue weighted by Crippen LogP contribution is -2.36. The Bertz CT molecular complexity index is 924. The second-order valence-corrected chi connectivity index (χ2v) is 7.21. The molecule has 3 aromatic rings. The molecule has 2 atom stereocenters. The number of carbonyl (C=O) groups excluding carboxylic acids is 1. The van der Waals surface area contributed by atoms with E-state index in [1.165, 1.54) is 16.8 Å². The Kier molecular flexibility index (Phi) is 5.90. The van der Waals surface area contributed by atoms with Gasteiger partial charge in [0.1, 0.15) is 17.7 Å². The predicted octanol–water partition coefficient (Wildman–Crippen LogP) is 2.80. The SMILES string of the molecule is CCc1nc(C(C)NC(=O)C(Cc2cccc(F)c2)n2nnnc2C)cs1. The highest BCUT2D eigenvalue weighted by molar-refractivity contribution is 7.09. The molecule has 0 radical (unpaired) electrons. The van der Waals surface area contributed by atoms with E-state index in [2.05, 4.69) is 25.8 Å². The highest BCUT2D eigenvalue weighted by Gasteiger charge is 2.26. The van der Waals surface area contributed by atoms with Crippen molar-refractivity contribution in [3.63, 3.8) is 0 Å². The molecule has 2 aromatic heterocycles. The Labute approximate surface area is 160 Å². The molecule has 1 amide bonds. The zero-order valence-corrected chi connectivity index (χ0v) is 16.2. The lowest BCUT2D eigenvalue weighted by atomic mass is 10.0. The van der Waals surface area contributed by atoms with Gasteiger partial charge >= 0.3 is 0 Å². The zero-order valence-electron chi connectivity index (χ0n) is 15.4. The Morgan fingerprint density at radius 3 is 2.85 bits per heavy atom. The molecule has 0 aliphatic carbocycles. The number of nitrogens with one attached hydrogen (secondary N) is 1. The average Bonchev–Trinajstić information content (AvgIpc) is 3.28. The van der Waals surface area contributed by atoms with E-state index in [4.69, 9.17) is 0 Å². The van der Waals surface area contributed by atoms with Crippen molar-refractivity contribution in [3.8, 4) is 0 Å². The fourth-order valence-corrected chi connectivity index (χ4v) is 3.61. The number of aryl methyl sites for hydroxylation is 2. The third kappa shape index (κ3) is 4.54. The van der Waals surface area contributed by atoms with Crippen LogP contribution in [0.25, 0.3) is 0 Å². The maximum Gasteiger partial charge on any atom is 0.245 e. The molecule has 142 valence electrons. The predicted molar refractivity (Wildman–Crippen MR) is 99.7 cm³/mol. The molecule has 0 saturated carbocycles. The molecule has 1 aromatic carbocycles. The van der Waals surface area contributed by atoms with Crippen LogP contribution in [0.3, 0.4) is 0 Å². The highest BCUT2D eigenvalue weighted by atomic mass is 32.1. The topological polar surface area (TPSA) is 85.6 Å². The normalized spacial score (nSPS) is 13.3. The number of rotatable bonds is 7. The molecule has 2 unspecified atom stereocenters. The standard InChI is InChI=1S/C18H21FN6OS/c1-4-17-21-15(10-27-17)11(2)20-18(26)16(25-12(3)22-23-24-25)9-13-6-5-7-14(19)8-13/h5-8,10-11,16H,4,9H2,1-3H3,(H,20,26). The van der Waals surface area contributed by atoms with E-state index >= 15 is 0 Å². The van der Waals surface area contributed by atoms with Crippen LogP contribution in [-0.2, 0) is 17.6 Å². The number of carbonyl (C=O) groups is 1. The highest BCUT2D eigenvalue weighted by Crippen LogP contribution is 2.20. The van der Waals surface area contributed by atoms with E-state index in [-0.39, 0.29) is 24.2 Å². The maximum absolute atomic E-state index is 13.6. The number of thiazole rings is 1. The van der Waals surface area contributed by atoms with Crippen LogP contribution in [0.5, 0.6) is 0 Å². The first-order valence-corrected chi connectivity index (χ1v) is 9.59. The van der Waals surface area contributed by atoms with Crippen LogP contribution in [0, 0.1) is 12.7 Å². The van der Waals surface area contributed by atoms with Crippen LogP contribution >= 0.6 is 11.3 Å². The van der Waals surface area contributed by atoms with E-state index in [0.29, 0.717) is 11.4 Å². The van der Waals surface area contributed by atoms with Crippen molar-refractivity contribution in [3.05, 3.63) is 57.6 Å². The summed E-state index contributed by atoms with van der Waals surface area (Å²) in [7, 11) is 0. The first-order valence-electron chi connectivity index (χ1n) is 8.71. The van der Waals surface area contributed by atoms with Gasteiger partial charge in [-0.15, -0.1) is 16.4 Å². The average molecular weight is 388 g/mol. The third-order valence-corrected chi connectivity index (χ3v) is 5.26. The fourth-order valence-electron chi connectivity index (χ4n) is 2.77. The van der Waals surface area contributed by atoms with Crippen LogP contribution < -0.4 is 5.32 Å². The summed E-state index contributed by atoms with van der Waals surface area (Å²) in [5.41, 5.74) is 1.52. The minimum Gasteiger partial charge on any atom is -0.346 e. The minimum atomic E-state index is -0.687. The van der Waals surface area contributed by atoms with Crippen molar-refractivity contribution in [2.45, 2.75) is 45.7 Å². The Hall–Kier alpha value is -2.68. The van der Waals surface area contributed by atoms with Gasteiger partial charge in [0.15, 0.2) is 0 Å². The second-order valence-electron chi connectivity index (χ2n) is 6.27. The number of benzene rings is 1. The van der Waals surface area contributed by atoms with E-state index in [9.17, 15) is 9.18 Å². The van der Waals surface area contributed by atoms with Crippen LogP contribution in [-0.4, -0.2) is 31.1 Å². The minimum absolute atomic E-state index is 0.242. The van der Waals surface area contributed by atoms with E-state index in [1.54, 1.807) is 30.4 Å². The van der Waals surface area contributed by atoms with Crippen LogP contribution in [0.15, 0.2) is 29.6 Å². The van der Waals surface area contributed by atoms with Gasteiger partial charge in [0.25, 0.3) is 0 Å². The quantitative estimate of drug-likeness (QED) is 0.673. The summed E-state index contributed by atoms with van der Waals surface area (Å²) in [4.78, 5) is 17.5. The lowest BCUT2D eigenvalue weighted by Gasteiger charge is -2.20. The molecular formula is C18H21FN6OS. The molecule has 7 nitrogen and oxygen atoms in total. The summed E-state index contributed by atoms with van der Waals surface area (Å²) in [5.74, 6) is -0.0719. The molecule has 0 bridgehead atoms. The van der Waals surface area contributed by atoms with Gasteiger partial charge in [0.2, 0.25) is 5.91 Å². The number of tetrazole rings is 1. The molecule has 0 aliphatic heterocycles. The van der Waals surface area contributed by atoms with Gasteiger partial charge in [0, 0.05) is 11.8 Å². The van der Waals surface area contributed by atoms with Crippen molar-refractivity contribution < 1.29 is 9.18 Å². The monoisotopic (exact) mass is 388 g/mol. The molecule has 0 fully saturated rings. The molecule has 1 N–H and O–H groups in total. The molecule has 0 spiro atoms. The van der Waals surface area contributed by atoms with Gasteiger partial charge in [0.05, 0.1) is 16.7 Å². The molecule has 0 saturated heterocycles. The number of halogens is 1. The zero-order chi connectivity index (χ0) is 19.4. The first kappa shape index (κ1) is 19.1. The van der Waals surface area contributed by atoms with Gasteiger partial charge in [-0.1, -0.05) is 19.1 Å². The van der Waals surface area contributed by atoms with E-state index < -0.39 is 6.04 Å². The molecule has 0 aliphatic rings. The van der Waals surface area contributed by atoms with E-state index in [0.717, 1.165) is 17.1 Å². The summed E-state index contributed by atoms with van der Waals surface area (Å²) in [5, 5.41) is 17.4. The number of aromatic nitrogens is 5. The van der Waals surface area contributed by atoms with Crippen molar-refractivity contribution >= 4 is 17.2 Å². The number of hydrogen-bond donors (Lipinski definition) is 1. The summed E-state index contributed by atoms with van der Waals surface area (Å²) in [6.07, 6.45) is 1.14. The third-order valence-electron chi connectivity index (χ3n) is 4.25. The molecule has 3 rings (SSSR count). The van der Waals surface area contributed by atoms with Gasteiger partial charge in [-0.3, -0.25) is 4.79 Å². The molecule has 2 heterocycles. The van der Waals surface area contributed by atoms with Crippen molar-refractivity contribution in [1.82, 2.24) is 30.5 Å². The largest absolute Gasteiger partial charge is 0.346 e. The Morgan fingerprint density at radius 2 is 2.22 bits per heavy atom.